The summed E-state index contributed by atoms with van der Waals surface area (Å²) >= 11 is 0. The Hall–Kier alpha value is -1.31. The molecule has 1 atom stereocenters. The maximum atomic E-state index is 12.4. The lowest BCUT2D eigenvalue weighted by atomic mass is 9.84. The molecule has 0 radical (unpaired) electrons. The molecular formula is C17H23NO. The van der Waals surface area contributed by atoms with Crippen molar-refractivity contribution in [3.8, 4) is 0 Å². The third-order valence-electron chi connectivity index (χ3n) is 4.71. The van der Waals surface area contributed by atoms with Crippen molar-refractivity contribution >= 4 is 5.91 Å². The third-order valence-corrected chi connectivity index (χ3v) is 4.71. The average Bonchev–Trinajstić information content (AvgIpc) is 2.63. The number of benzene rings is 1. The van der Waals surface area contributed by atoms with E-state index in [4.69, 9.17) is 0 Å². The molecule has 1 saturated carbocycles. The van der Waals surface area contributed by atoms with Gasteiger partial charge < -0.3 is 4.90 Å². The van der Waals surface area contributed by atoms with Crippen LogP contribution < -0.4 is 0 Å². The molecule has 102 valence electrons. The van der Waals surface area contributed by atoms with Gasteiger partial charge in [-0.3, -0.25) is 4.79 Å². The molecule has 1 aliphatic carbocycles. The highest BCUT2D eigenvalue weighted by molar-refractivity contribution is 5.79. The predicted molar refractivity (Wildman–Crippen MR) is 77.0 cm³/mol. The molecule has 1 aromatic rings. The van der Waals surface area contributed by atoms with E-state index in [1.54, 1.807) is 0 Å². The van der Waals surface area contributed by atoms with Crippen LogP contribution in [0.15, 0.2) is 30.3 Å². The molecule has 0 aromatic heterocycles. The lowest BCUT2D eigenvalue weighted by Gasteiger charge is -2.32. The molecule has 3 rings (SSSR count). The number of hydrogen-bond acceptors (Lipinski definition) is 1. The van der Waals surface area contributed by atoms with Gasteiger partial charge in [0.15, 0.2) is 0 Å². The van der Waals surface area contributed by atoms with Crippen LogP contribution in [-0.2, 0) is 4.79 Å². The van der Waals surface area contributed by atoms with E-state index >= 15 is 0 Å². The number of amides is 1. The fourth-order valence-corrected chi connectivity index (χ4v) is 3.25. The topological polar surface area (TPSA) is 20.3 Å². The van der Waals surface area contributed by atoms with Crippen LogP contribution in [0.25, 0.3) is 0 Å². The molecule has 0 bridgehead atoms. The molecule has 2 nitrogen and oxygen atoms in total. The van der Waals surface area contributed by atoms with Crippen LogP contribution in [0, 0.1) is 5.92 Å². The van der Waals surface area contributed by atoms with Gasteiger partial charge in [-0.15, -0.1) is 0 Å². The molecule has 2 aliphatic rings. The highest BCUT2D eigenvalue weighted by Gasteiger charge is 2.31. The van der Waals surface area contributed by atoms with Gasteiger partial charge in [-0.05, 0) is 31.2 Å². The molecule has 1 amide bonds. The van der Waals surface area contributed by atoms with Crippen LogP contribution in [-0.4, -0.2) is 23.9 Å². The molecular weight excluding hydrogens is 234 g/mol. The Morgan fingerprint density at radius 3 is 2.47 bits per heavy atom. The first-order valence-corrected chi connectivity index (χ1v) is 7.68. The molecule has 1 unspecified atom stereocenters. The number of carbonyl (C=O) groups excluding carboxylic acids is 1. The predicted octanol–water partition coefficient (Wildman–Crippen LogP) is 3.58. The van der Waals surface area contributed by atoms with Crippen molar-refractivity contribution in [3.05, 3.63) is 35.9 Å². The minimum absolute atomic E-state index is 0.342. The second-order valence-corrected chi connectivity index (χ2v) is 6.02. The van der Waals surface area contributed by atoms with Crippen LogP contribution in [0.2, 0.25) is 0 Å². The van der Waals surface area contributed by atoms with E-state index < -0.39 is 0 Å². The van der Waals surface area contributed by atoms with E-state index in [1.807, 2.05) is 0 Å². The van der Waals surface area contributed by atoms with E-state index in [0.717, 1.165) is 25.9 Å². The smallest absolute Gasteiger partial charge is 0.225 e. The van der Waals surface area contributed by atoms with Crippen molar-refractivity contribution in [1.29, 1.82) is 0 Å². The Kier molecular flexibility index (Phi) is 3.86. The van der Waals surface area contributed by atoms with Crippen molar-refractivity contribution in [1.82, 2.24) is 4.90 Å². The zero-order valence-corrected chi connectivity index (χ0v) is 11.6. The van der Waals surface area contributed by atoms with Gasteiger partial charge >= 0.3 is 0 Å². The lowest BCUT2D eigenvalue weighted by Crippen LogP contribution is -2.40. The first kappa shape index (κ1) is 12.7. The maximum Gasteiger partial charge on any atom is 0.225 e. The first-order chi connectivity index (χ1) is 9.34. The van der Waals surface area contributed by atoms with Gasteiger partial charge in [0.1, 0.15) is 0 Å². The SMILES string of the molecule is O=C(C1CCC1)N1CCCCC(c2ccccc2)C1. The molecule has 1 aromatic carbocycles. The van der Waals surface area contributed by atoms with E-state index in [2.05, 4.69) is 35.2 Å². The highest BCUT2D eigenvalue weighted by atomic mass is 16.2. The Morgan fingerprint density at radius 2 is 1.79 bits per heavy atom. The molecule has 2 heteroatoms. The first-order valence-electron chi connectivity index (χ1n) is 7.68. The Bertz CT molecular complexity index is 424. The summed E-state index contributed by atoms with van der Waals surface area (Å²) in [5.41, 5.74) is 1.40. The zero-order chi connectivity index (χ0) is 13.1. The molecule has 19 heavy (non-hydrogen) atoms. The third kappa shape index (κ3) is 2.83. The second-order valence-electron chi connectivity index (χ2n) is 6.02. The number of carbonyl (C=O) groups is 1. The summed E-state index contributed by atoms with van der Waals surface area (Å²) in [5.74, 6) is 1.30. The van der Waals surface area contributed by atoms with Crippen molar-refractivity contribution < 1.29 is 4.79 Å². The summed E-state index contributed by atoms with van der Waals surface area (Å²) in [6.07, 6.45) is 7.11. The molecule has 1 aliphatic heterocycles. The van der Waals surface area contributed by atoms with Crippen LogP contribution in [0.4, 0.5) is 0 Å². The van der Waals surface area contributed by atoms with Crippen LogP contribution in [0.5, 0.6) is 0 Å². The molecule has 0 spiro atoms. The van der Waals surface area contributed by atoms with Crippen molar-refractivity contribution in [2.75, 3.05) is 13.1 Å². The summed E-state index contributed by atoms with van der Waals surface area (Å²) in [6.45, 7) is 1.90. The van der Waals surface area contributed by atoms with Crippen molar-refractivity contribution in [2.24, 2.45) is 5.92 Å². The second kappa shape index (κ2) is 5.77. The van der Waals surface area contributed by atoms with E-state index in [-0.39, 0.29) is 0 Å². The lowest BCUT2D eigenvalue weighted by molar-refractivity contribution is -0.138. The average molecular weight is 257 g/mol. The zero-order valence-electron chi connectivity index (χ0n) is 11.6. The standard InChI is InChI=1S/C17H23NO/c19-17(15-10-6-11-15)18-12-5-4-9-16(13-18)14-7-2-1-3-8-14/h1-3,7-8,15-16H,4-6,9-13H2. The minimum atomic E-state index is 0.342. The van der Waals surface area contributed by atoms with Gasteiger partial charge in [-0.1, -0.05) is 43.2 Å². The summed E-state index contributed by atoms with van der Waals surface area (Å²) < 4.78 is 0. The summed E-state index contributed by atoms with van der Waals surface area (Å²) in [4.78, 5) is 14.6. The van der Waals surface area contributed by atoms with Gasteiger partial charge in [0, 0.05) is 24.9 Å². The van der Waals surface area contributed by atoms with Gasteiger partial charge in [0.05, 0.1) is 0 Å². The normalized spacial score (nSPS) is 24.6. The Morgan fingerprint density at radius 1 is 1.00 bits per heavy atom. The largest absolute Gasteiger partial charge is 0.342 e. The quantitative estimate of drug-likeness (QED) is 0.793. The Balaban J connectivity index is 1.70. The number of hydrogen-bond donors (Lipinski definition) is 0. The van der Waals surface area contributed by atoms with Crippen LogP contribution >= 0.6 is 0 Å². The molecule has 2 fully saturated rings. The van der Waals surface area contributed by atoms with Gasteiger partial charge in [0.2, 0.25) is 5.91 Å². The molecule has 0 N–H and O–H groups in total. The van der Waals surface area contributed by atoms with Gasteiger partial charge in [0.25, 0.3) is 0 Å². The monoisotopic (exact) mass is 257 g/mol. The van der Waals surface area contributed by atoms with Gasteiger partial charge in [-0.25, -0.2) is 0 Å². The number of nitrogens with zero attached hydrogens (tertiary/aromatic N) is 1. The van der Waals surface area contributed by atoms with Crippen molar-refractivity contribution in [3.63, 3.8) is 0 Å². The van der Waals surface area contributed by atoms with E-state index in [1.165, 1.54) is 31.2 Å². The molecule has 1 saturated heterocycles. The summed E-state index contributed by atoms with van der Waals surface area (Å²) in [5, 5.41) is 0. The highest BCUT2D eigenvalue weighted by Crippen LogP contribution is 2.32. The van der Waals surface area contributed by atoms with E-state index in [9.17, 15) is 4.79 Å². The van der Waals surface area contributed by atoms with Crippen LogP contribution in [0.1, 0.15) is 50.0 Å². The summed E-state index contributed by atoms with van der Waals surface area (Å²) in [6, 6.07) is 10.7. The minimum Gasteiger partial charge on any atom is -0.342 e. The van der Waals surface area contributed by atoms with Crippen LogP contribution in [0.3, 0.4) is 0 Å². The fraction of sp³-hybridized carbons (Fsp3) is 0.588. The number of rotatable bonds is 2. The summed E-state index contributed by atoms with van der Waals surface area (Å²) in [7, 11) is 0. The fourth-order valence-electron chi connectivity index (χ4n) is 3.25. The Labute approximate surface area is 115 Å². The molecule has 1 heterocycles. The van der Waals surface area contributed by atoms with Crippen molar-refractivity contribution in [2.45, 2.75) is 44.4 Å². The van der Waals surface area contributed by atoms with E-state index in [0.29, 0.717) is 17.7 Å². The van der Waals surface area contributed by atoms with Gasteiger partial charge in [-0.2, -0.15) is 0 Å². The number of likely N-dealkylation sites (tertiary alicyclic amines) is 1. The maximum absolute atomic E-state index is 12.4.